The Morgan fingerprint density at radius 3 is 2.96 bits per heavy atom. The lowest BCUT2D eigenvalue weighted by Gasteiger charge is -2.31. The predicted octanol–water partition coefficient (Wildman–Crippen LogP) is 2.19. The fraction of sp³-hybridized carbons (Fsp3) is 0.375. The molecular formula is C16H18N4O3S. The maximum atomic E-state index is 12.8. The molecule has 126 valence electrons. The minimum absolute atomic E-state index is 0.0811. The number of piperidine rings is 1. The van der Waals surface area contributed by atoms with E-state index in [1.54, 1.807) is 16.6 Å². The van der Waals surface area contributed by atoms with Crippen LogP contribution in [0.3, 0.4) is 0 Å². The van der Waals surface area contributed by atoms with Crippen molar-refractivity contribution in [1.82, 2.24) is 19.2 Å². The maximum Gasteiger partial charge on any atom is 0.220 e. The molecule has 1 aromatic carbocycles. The molecule has 24 heavy (non-hydrogen) atoms. The van der Waals surface area contributed by atoms with E-state index in [-0.39, 0.29) is 11.8 Å². The maximum absolute atomic E-state index is 12.8. The van der Waals surface area contributed by atoms with Gasteiger partial charge >= 0.3 is 0 Å². The summed E-state index contributed by atoms with van der Waals surface area (Å²) in [6, 6.07) is 9.24. The van der Waals surface area contributed by atoms with Gasteiger partial charge in [-0.1, -0.05) is 17.3 Å². The topological polar surface area (TPSA) is 81.2 Å². The Bertz CT molecular complexity index is 933. The van der Waals surface area contributed by atoms with Crippen LogP contribution in [0.1, 0.15) is 24.6 Å². The van der Waals surface area contributed by atoms with Crippen LogP contribution in [-0.2, 0) is 15.8 Å². The highest BCUT2D eigenvalue weighted by molar-refractivity contribution is 7.88. The van der Waals surface area contributed by atoms with E-state index in [2.05, 4.69) is 10.3 Å². The first-order chi connectivity index (χ1) is 11.6. The van der Waals surface area contributed by atoms with Gasteiger partial charge in [-0.25, -0.2) is 8.42 Å². The lowest BCUT2D eigenvalue weighted by molar-refractivity contribution is 0.253. The normalized spacial score (nSPS) is 19.8. The molecule has 1 atom stereocenters. The largest absolute Gasteiger partial charge is 0.356 e. The number of benzene rings is 1. The Kier molecular flexibility index (Phi) is 3.85. The number of para-hydroxylation sites is 1. The van der Waals surface area contributed by atoms with Crippen LogP contribution in [-0.4, -0.2) is 40.7 Å². The molecule has 7 nitrogen and oxygen atoms in total. The SMILES string of the molecule is O=S(=O)(Cc1noc2ccccc12)N1CCCC(n2cccn2)C1. The van der Waals surface area contributed by atoms with Crippen LogP contribution in [0.5, 0.6) is 0 Å². The molecular weight excluding hydrogens is 328 g/mol. The smallest absolute Gasteiger partial charge is 0.220 e. The molecule has 4 rings (SSSR count). The number of hydrogen-bond acceptors (Lipinski definition) is 5. The average molecular weight is 346 g/mol. The van der Waals surface area contributed by atoms with Gasteiger partial charge in [0.05, 0.1) is 6.04 Å². The molecule has 1 saturated heterocycles. The summed E-state index contributed by atoms with van der Waals surface area (Å²) in [5.41, 5.74) is 1.07. The second-order valence-electron chi connectivity index (χ2n) is 6.02. The van der Waals surface area contributed by atoms with E-state index in [9.17, 15) is 8.42 Å². The number of rotatable bonds is 4. The molecule has 0 amide bonds. The minimum atomic E-state index is -3.45. The second kappa shape index (κ2) is 6.03. The van der Waals surface area contributed by atoms with Crippen molar-refractivity contribution in [2.75, 3.05) is 13.1 Å². The standard InChI is InChI=1S/C16H18N4O3S/c21-24(22,12-15-14-6-1-2-7-16(14)23-18-15)19-9-3-5-13(11-19)20-10-4-8-17-20/h1-2,4,6-8,10,13H,3,5,9,11-12H2. The molecule has 1 aliphatic heterocycles. The zero-order chi connectivity index (χ0) is 16.6. The molecule has 0 aliphatic carbocycles. The quantitative estimate of drug-likeness (QED) is 0.723. The molecule has 8 heteroatoms. The molecule has 3 aromatic rings. The van der Waals surface area contributed by atoms with Crippen LogP contribution >= 0.6 is 0 Å². The molecule has 2 aromatic heterocycles. The zero-order valence-corrected chi connectivity index (χ0v) is 13.9. The Hall–Kier alpha value is -2.19. The third-order valence-corrected chi connectivity index (χ3v) is 6.18. The van der Waals surface area contributed by atoms with E-state index in [1.807, 2.05) is 35.1 Å². The number of sulfonamides is 1. The van der Waals surface area contributed by atoms with Crippen molar-refractivity contribution in [1.29, 1.82) is 0 Å². The summed E-state index contributed by atoms with van der Waals surface area (Å²) in [6.07, 6.45) is 5.35. The van der Waals surface area contributed by atoms with Crippen molar-refractivity contribution in [2.45, 2.75) is 24.6 Å². The summed E-state index contributed by atoms with van der Waals surface area (Å²) >= 11 is 0. The van der Waals surface area contributed by atoms with Crippen molar-refractivity contribution in [3.8, 4) is 0 Å². The number of aromatic nitrogens is 3. The van der Waals surface area contributed by atoms with Gasteiger partial charge in [-0.3, -0.25) is 4.68 Å². The molecule has 0 bridgehead atoms. The Balaban J connectivity index is 1.56. The molecule has 1 aliphatic rings. The highest BCUT2D eigenvalue weighted by atomic mass is 32.2. The second-order valence-corrected chi connectivity index (χ2v) is 7.99. The summed E-state index contributed by atoms with van der Waals surface area (Å²) in [5, 5.41) is 8.94. The Labute approximate surface area is 139 Å². The minimum Gasteiger partial charge on any atom is -0.356 e. The summed E-state index contributed by atoms with van der Waals surface area (Å²) in [5.74, 6) is -0.143. The molecule has 0 spiro atoms. The molecule has 1 fully saturated rings. The number of fused-ring (bicyclic) bond motifs is 1. The highest BCUT2D eigenvalue weighted by Gasteiger charge is 2.31. The molecule has 3 heterocycles. The average Bonchev–Trinajstić information content (AvgIpc) is 3.25. The van der Waals surface area contributed by atoms with E-state index >= 15 is 0 Å². The van der Waals surface area contributed by atoms with Gasteiger partial charge in [-0.2, -0.15) is 9.40 Å². The van der Waals surface area contributed by atoms with Gasteiger partial charge in [0.1, 0.15) is 11.4 Å². The van der Waals surface area contributed by atoms with Crippen LogP contribution in [0.4, 0.5) is 0 Å². The third kappa shape index (κ3) is 2.83. The van der Waals surface area contributed by atoms with Gasteiger partial charge in [0.15, 0.2) is 5.58 Å². The van der Waals surface area contributed by atoms with Crippen molar-refractivity contribution in [3.63, 3.8) is 0 Å². The summed E-state index contributed by atoms with van der Waals surface area (Å²) < 4.78 is 34.3. The Morgan fingerprint density at radius 1 is 1.25 bits per heavy atom. The van der Waals surface area contributed by atoms with Gasteiger partial charge < -0.3 is 4.52 Å². The van der Waals surface area contributed by atoms with Crippen molar-refractivity contribution in [2.24, 2.45) is 0 Å². The van der Waals surface area contributed by atoms with E-state index in [4.69, 9.17) is 4.52 Å². The monoisotopic (exact) mass is 346 g/mol. The molecule has 0 saturated carbocycles. The number of nitrogens with zero attached hydrogens (tertiary/aromatic N) is 4. The van der Waals surface area contributed by atoms with Crippen molar-refractivity contribution in [3.05, 3.63) is 48.4 Å². The van der Waals surface area contributed by atoms with Crippen LogP contribution in [0.15, 0.2) is 47.2 Å². The molecule has 1 unspecified atom stereocenters. The van der Waals surface area contributed by atoms with Gasteiger partial charge in [0.2, 0.25) is 10.0 Å². The van der Waals surface area contributed by atoms with Gasteiger partial charge in [-0.15, -0.1) is 0 Å². The first kappa shape index (κ1) is 15.3. The summed E-state index contributed by atoms with van der Waals surface area (Å²) in [7, 11) is -3.45. The summed E-state index contributed by atoms with van der Waals surface area (Å²) in [6.45, 7) is 0.982. The predicted molar refractivity (Wildman–Crippen MR) is 88.7 cm³/mol. The Morgan fingerprint density at radius 2 is 2.12 bits per heavy atom. The lowest BCUT2D eigenvalue weighted by Crippen LogP contribution is -2.41. The van der Waals surface area contributed by atoms with E-state index in [1.165, 1.54) is 0 Å². The molecule has 0 N–H and O–H groups in total. The first-order valence-electron chi connectivity index (χ1n) is 7.94. The van der Waals surface area contributed by atoms with Crippen LogP contribution < -0.4 is 0 Å². The summed E-state index contributed by atoms with van der Waals surface area (Å²) in [4.78, 5) is 0. The van der Waals surface area contributed by atoms with E-state index < -0.39 is 10.0 Å². The first-order valence-corrected chi connectivity index (χ1v) is 9.55. The fourth-order valence-corrected chi connectivity index (χ4v) is 4.74. The van der Waals surface area contributed by atoms with Gasteiger partial charge in [0, 0.05) is 30.9 Å². The van der Waals surface area contributed by atoms with Crippen LogP contribution in [0, 0.1) is 0 Å². The van der Waals surface area contributed by atoms with Crippen LogP contribution in [0.25, 0.3) is 11.0 Å². The number of hydrogen-bond donors (Lipinski definition) is 0. The van der Waals surface area contributed by atoms with E-state index in [0.29, 0.717) is 24.4 Å². The highest BCUT2D eigenvalue weighted by Crippen LogP contribution is 2.26. The van der Waals surface area contributed by atoms with Crippen LogP contribution in [0.2, 0.25) is 0 Å². The zero-order valence-electron chi connectivity index (χ0n) is 13.1. The van der Waals surface area contributed by atoms with Crippen molar-refractivity contribution < 1.29 is 12.9 Å². The molecule has 0 radical (unpaired) electrons. The lowest BCUT2D eigenvalue weighted by atomic mass is 10.1. The third-order valence-electron chi connectivity index (χ3n) is 4.42. The van der Waals surface area contributed by atoms with Gasteiger partial charge in [0.25, 0.3) is 0 Å². The van der Waals surface area contributed by atoms with E-state index in [0.717, 1.165) is 18.2 Å². The fourth-order valence-electron chi connectivity index (χ4n) is 3.19. The van der Waals surface area contributed by atoms with Crippen molar-refractivity contribution >= 4 is 21.0 Å². The van der Waals surface area contributed by atoms with Gasteiger partial charge in [-0.05, 0) is 31.0 Å².